The quantitative estimate of drug-likeness (QED) is 0.677. The molecule has 2 aromatic carbocycles. The van der Waals surface area contributed by atoms with Gasteiger partial charge in [-0.15, -0.1) is 5.10 Å². The zero-order valence-electron chi connectivity index (χ0n) is 14.8. The fourth-order valence-corrected chi connectivity index (χ4v) is 2.56. The van der Waals surface area contributed by atoms with Crippen LogP contribution in [0.15, 0.2) is 60.9 Å². The monoisotopic (exact) mass is 350 g/mol. The first kappa shape index (κ1) is 17.7. The lowest BCUT2D eigenvalue weighted by Gasteiger charge is -2.05. The Kier molecular flexibility index (Phi) is 5.98. The molecule has 0 saturated heterocycles. The maximum Gasteiger partial charge on any atom is 0.248 e. The molecule has 3 rings (SSSR count). The molecular formula is C20H22N4O2. The fourth-order valence-electron chi connectivity index (χ4n) is 2.56. The van der Waals surface area contributed by atoms with Crippen LogP contribution in [-0.2, 0) is 17.8 Å². The van der Waals surface area contributed by atoms with E-state index in [1.54, 1.807) is 11.0 Å². The van der Waals surface area contributed by atoms with Gasteiger partial charge in [-0.25, -0.2) is 9.67 Å². The van der Waals surface area contributed by atoms with Crippen molar-refractivity contribution in [1.82, 2.24) is 14.8 Å². The molecule has 0 aliphatic heterocycles. The van der Waals surface area contributed by atoms with E-state index in [0.717, 1.165) is 16.9 Å². The summed E-state index contributed by atoms with van der Waals surface area (Å²) in [6.45, 7) is 3.22. The number of carbonyl (C=O) groups excluding carboxylic acids is 1. The Balaban J connectivity index is 1.47. The molecule has 134 valence electrons. The second kappa shape index (κ2) is 8.80. The molecule has 1 N–H and O–H groups in total. The Morgan fingerprint density at radius 2 is 1.85 bits per heavy atom. The summed E-state index contributed by atoms with van der Waals surface area (Å²) in [5.74, 6) is 1.07. The number of aryl methyl sites for hydroxylation is 1. The molecule has 1 heterocycles. The van der Waals surface area contributed by atoms with Gasteiger partial charge in [-0.05, 0) is 36.6 Å². The molecule has 6 heteroatoms. The van der Waals surface area contributed by atoms with Crippen molar-refractivity contribution in [3.63, 3.8) is 0 Å². The normalized spacial score (nSPS) is 10.5. The third-order valence-corrected chi connectivity index (χ3v) is 3.85. The highest BCUT2D eigenvalue weighted by atomic mass is 16.5. The van der Waals surface area contributed by atoms with Gasteiger partial charge in [0.15, 0.2) is 0 Å². The Labute approximate surface area is 152 Å². The average molecular weight is 350 g/mol. The summed E-state index contributed by atoms with van der Waals surface area (Å²) in [7, 11) is 0. The first-order valence-electron chi connectivity index (χ1n) is 8.68. The molecule has 26 heavy (non-hydrogen) atoms. The SMILES string of the molecule is CCOc1ccc(CCC(=O)Nc2ncn(Cc3ccccc3)n2)cc1. The van der Waals surface area contributed by atoms with E-state index >= 15 is 0 Å². The number of rotatable bonds is 8. The number of ether oxygens (including phenoxy) is 1. The molecular weight excluding hydrogens is 328 g/mol. The zero-order chi connectivity index (χ0) is 18.2. The number of hydrogen-bond donors (Lipinski definition) is 1. The lowest BCUT2D eigenvalue weighted by molar-refractivity contribution is -0.116. The van der Waals surface area contributed by atoms with Gasteiger partial charge in [-0.2, -0.15) is 0 Å². The van der Waals surface area contributed by atoms with Crippen LogP contribution in [0.2, 0.25) is 0 Å². The van der Waals surface area contributed by atoms with Crippen LogP contribution in [0, 0.1) is 0 Å². The summed E-state index contributed by atoms with van der Waals surface area (Å²) >= 11 is 0. The average Bonchev–Trinajstić information content (AvgIpc) is 3.09. The Bertz CT molecular complexity index is 829. The largest absolute Gasteiger partial charge is 0.494 e. The van der Waals surface area contributed by atoms with Crippen molar-refractivity contribution in [3.05, 3.63) is 72.1 Å². The maximum atomic E-state index is 12.1. The van der Waals surface area contributed by atoms with Crippen molar-refractivity contribution >= 4 is 11.9 Å². The van der Waals surface area contributed by atoms with Gasteiger partial charge in [0.25, 0.3) is 0 Å². The molecule has 0 fully saturated rings. The third kappa shape index (κ3) is 5.17. The highest BCUT2D eigenvalue weighted by Gasteiger charge is 2.07. The molecule has 0 bridgehead atoms. The Morgan fingerprint density at radius 3 is 2.58 bits per heavy atom. The van der Waals surface area contributed by atoms with E-state index in [0.29, 0.717) is 31.9 Å². The summed E-state index contributed by atoms with van der Waals surface area (Å²) in [5, 5.41) is 7.03. The number of carbonyl (C=O) groups is 1. The number of aromatic nitrogens is 3. The van der Waals surface area contributed by atoms with E-state index in [9.17, 15) is 4.79 Å². The molecule has 0 radical (unpaired) electrons. The summed E-state index contributed by atoms with van der Waals surface area (Å²) in [6, 6.07) is 17.8. The predicted molar refractivity (Wildman–Crippen MR) is 100 cm³/mol. The first-order chi connectivity index (χ1) is 12.7. The fraction of sp³-hybridized carbons (Fsp3) is 0.250. The topological polar surface area (TPSA) is 69.0 Å². The van der Waals surface area contributed by atoms with Crippen molar-refractivity contribution in [1.29, 1.82) is 0 Å². The molecule has 0 saturated carbocycles. The van der Waals surface area contributed by atoms with E-state index in [4.69, 9.17) is 4.74 Å². The Hall–Kier alpha value is -3.15. The zero-order valence-corrected chi connectivity index (χ0v) is 14.8. The lowest BCUT2D eigenvalue weighted by Crippen LogP contribution is -2.14. The summed E-state index contributed by atoms with van der Waals surface area (Å²) in [6.07, 6.45) is 2.65. The van der Waals surface area contributed by atoms with Crippen molar-refractivity contribution < 1.29 is 9.53 Å². The first-order valence-corrected chi connectivity index (χ1v) is 8.68. The van der Waals surface area contributed by atoms with Gasteiger partial charge >= 0.3 is 0 Å². The maximum absolute atomic E-state index is 12.1. The van der Waals surface area contributed by atoms with Gasteiger partial charge in [0, 0.05) is 6.42 Å². The molecule has 0 aliphatic carbocycles. The number of benzene rings is 2. The van der Waals surface area contributed by atoms with Crippen molar-refractivity contribution in [2.24, 2.45) is 0 Å². The second-order valence-electron chi connectivity index (χ2n) is 5.88. The van der Waals surface area contributed by atoms with Gasteiger partial charge in [-0.3, -0.25) is 10.1 Å². The number of nitrogens with one attached hydrogen (secondary N) is 1. The van der Waals surface area contributed by atoms with Crippen molar-refractivity contribution in [3.8, 4) is 5.75 Å². The van der Waals surface area contributed by atoms with E-state index in [1.807, 2.05) is 61.5 Å². The molecule has 1 aromatic heterocycles. The second-order valence-corrected chi connectivity index (χ2v) is 5.88. The van der Waals surface area contributed by atoms with Crippen LogP contribution < -0.4 is 10.1 Å². The van der Waals surface area contributed by atoms with E-state index < -0.39 is 0 Å². The summed E-state index contributed by atoms with van der Waals surface area (Å²) in [5.41, 5.74) is 2.22. The van der Waals surface area contributed by atoms with Crippen LogP contribution in [0.25, 0.3) is 0 Å². The minimum atomic E-state index is -0.101. The van der Waals surface area contributed by atoms with Crippen molar-refractivity contribution in [2.45, 2.75) is 26.3 Å². The number of amides is 1. The van der Waals surface area contributed by atoms with E-state index in [-0.39, 0.29) is 5.91 Å². The highest BCUT2D eigenvalue weighted by molar-refractivity contribution is 5.88. The van der Waals surface area contributed by atoms with Crippen LogP contribution in [0.3, 0.4) is 0 Å². The van der Waals surface area contributed by atoms with Crippen LogP contribution in [0.4, 0.5) is 5.95 Å². The van der Waals surface area contributed by atoms with Gasteiger partial charge in [0.2, 0.25) is 11.9 Å². The molecule has 6 nitrogen and oxygen atoms in total. The molecule has 0 aliphatic rings. The van der Waals surface area contributed by atoms with Gasteiger partial charge in [0.1, 0.15) is 12.1 Å². The van der Waals surface area contributed by atoms with Crippen LogP contribution >= 0.6 is 0 Å². The van der Waals surface area contributed by atoms with Crippen LogP contribution in [0.5, 0.6) is 5.75 Å². The molecule has 0 atom stereocenters. The van der Waals surface area contributed by atoms with Crippen molar-refractivity contribution in [2.75, 3.05) is 11.9 Å². The molecule has 0 spiro atoms. The van der Waals surface area contributed by atoms with Crippen LogP contribution in [0.1, 0.15) is 24.5 Å². The standard InChI is InChI=1S/C20H22N4O2/c1-2-26-18-11-8-16(9-12-18)10-13-19(25)22-20-21-15-24(23-20)14-17-6-4-3-5-7-17/h3-9,11-12,15H,2,10,13-14H2,1H3,(H,22,23,25). The smallest absolute Gasteiger partial charge is 0.248 e. The van der Waals surface area contributed by atoms with Gasteiger partial charge in [0.05, 0.1) is 13.2 Å². The number of nitrogens with zero attached hydrogens (tertiary/aromatic N) is 3. The number of hydrogen-bond acceptors (Lipinski definition) is 4. The summed E-state index contributed by atoms with van der Waals surface area (Å²) < 4.78 is 7.12. The van der Waals surface area contributed by atoms with Gasteiger partial charge in [-0.1, -0.05) is 42.5 Å². The van der Waals surface area contributed by atoms with E-state index in [2.05, 4.69) is 15.4 Å². The molecule has 1 amide bonds. The summed E-state index contributed by atoms with van der Waals surface area (Å²) in [4.78, 5) is 16.2. The third-order valence-electron chi connectivity index (χ3n) is 3.85. The minimum Gasteiger partial charge on any atom is -0.494 e. The molecule has 3 aromatic rings. The predicted octanol–water partition coefficient (Wildman–Crippen LogP) is 3.30. The minimum absolute atomic E-state index is 0.101. The number of anilines is 1. The van der Waals surface area contributed by atoms with Crippen LogP contribution in [-0.4, -0.2) is 27.3 Å². The molecule has 0 unspecified atom stereocenters. The Morgan fingerprint density at radius 1 is 1.08 bits per heavy atom. The van der Waals surface area contributed by atoms with Gasteiger partial charge < -0.3 is 4.74 Å². The highest BCUT2D eigenvalue weighted by Crippen LogP contribution is 2.13. The lowest BCUT2D eigenvalue weighted by atomic mass is 10.1. The van der Waals surface area contributed by atoms with E-state index in [1.165, 1.54) is 0 Å².